The average molecular weight is 387 g/mol. The number of tetrazole rings is 1. The summed E-state index contributed by atoms with van der Waals surface area (Å²) >= 11 is 3.17. The number of aryl methyl sites for hydroxylation is 1. The standard InChI is InChI=1S/C14H13BrF2N4O2/c1-3-9(2)23-13-8-12(11(17)7-10(13)15)21-14(22)20(18-19-21)6-4-5-16/h1,7-9H,4-6H2,2H3. The SMILES string of the molecule is C#CC(C)Oc1cc(-n2nnn(CCCF)c2=O)c(F)cc1Br. The third-order valence-corrected chi connectivity index (χ3v) is 3.53. The van der Waals surface area contributed by atoms with Gasteiger partial charge in [-0.05, 0) is 45.8 Å². The fourth-order valence-electron chi connectivity index (χ4n) is 1.77. The largest absolute Gasteiger partial charge is 0.477 e. The maximum absolute atomic E-state index is 14.2. The number of nitrogens with zero attached hydrogens (tertiary/aromatic N) is 4. The van der Waals surface area contributed by atoms with Crippen LogP contribution in [-0.4, -0.2) is 32.6 Å². The van der Waals surface area contributed by atoms with E-state index in [-0.39, 0.29) is 24.4 Å². The van der Waals surface area contributed by atoms with Crippen LogP contribution in [0.4, 0.5) is 8.78 Å². The molecule has 1 heterocycles. The van der Waals surface area contributed by atoms with E-state index >= 15 is 0 Å². The molecular weight excluding hydrogens is 374 g/mol. The summed E-state index contributed by atoms with van der Waals surface area (Å²) in [6.45, 7) is 1.12. The normalized spacial score (nSPS) is 12.0. The van der Waals surface area contributed by atoms with Gasteiger partial charge in [0.2, 0.25) is 0 Å². The Morgan fingerprint density at radius 3 is 2.87 bits per heavy atom. The summed E-state index contributed by atoms with van der Waals surface area (Å²) in [5.74, 6) is 1.94. The number of rotatable bonds is 6. The Morgan fingerprint density at radius 2 is 2.22 bits per heavy atom. The number of alkyl halides is 1. The van der Waals surface area contributed by atoms with E-state index in [1.807, 2.05) is 0 Å². The van der Waals surface area contributed by atoms with Crippen LogP contribution < -0.4 is 10.4 Å². The molecule has 1 unspecified atom stereocenters. The highest BCUT2D eigenvalue weighted by atomic mass is 79.9. The molecule has 1 atom stereocenters. The van der Waals surface area contributed by atoms with Gasteiger partial charge in [-0.1, -0.05) is 5.92 Å². The van der Waals surface area contributed by atoms with Crippen LogP contribution in [0.5, 0.6) is 5.75 Å². The quantitative estimate of drug-likeness (QED) is 0.713. The molecule has 1 aromatic carbocycles. The van der Waals surface area contributed by atoms with Gasteiger partial charge in [-0.2, -0.15) is 9.36 Å². The van der Waals surface area contributed by atoms with Crippen LogP contribution >= 0.6 is 15.9 Å². The molecule has 0 saturated heterocycles. The molecule has 0 fully saturated rings. The van der Waals surface area contributed by atoms with E-state index in [0.29, 0.717) is 4.47 Å². The number of ether oxygens (including phenoxy) is 1. The molecule has 0 aliphatic heterocycles. The van der Waals surface area contributed by atoms with Crippen LogP contribution in [0.15, 0.2) is 21.4 Å². The number of benzene rings is 1. The molecule has 23 heavy (non-hydrogen) atoms. The predicted molar refractivity (Wildman–Crippen MR) is 82.8 cm³/mol. The highest BCUT2D eigenvalue weighted by molar-refractivity contribution is 9.10. The van der Waals surface area contributed by atoms with Crippen molar-refractivity contribution in [2.24, 2.45) is 0 Å². The van der Waals surface area contributed by atoms with Crippen molar-refractivity contribution in [3.63, 3.8) is 0 Å². The summed E-state index contributed by atoms with van der Waals surface area (Å²) < 4.78 is 33.9. The van der Waals surface area contributed by atoms with Crippen molar-refractivity contribution in [2.45, 2.75) is 26.0 Å². The van der Waals surface area contributed by atoms with Crippen molar-refractivity contribution in [3.8, 4) is 23.8 Å². The Labute approximate surface area is 139 Å². The second-order valence-corrected chi connectivity index (χ2v) is 5.45. The van der Waals surface area contributed by atoms with Crippen LogP contribution in [0.2, 0.25) is 0 Å². The van der Waals surface area contributed by atoms with Gasteiger partial charge in [-0.15, -0.1) is 6.42 Å². The van der Waals surface area contributed by atoms with Crippen molar-refractivity contribution < 1.29 is 13.5 Å². The zero-order valence-corrected chi connectivity index (χ0v) is 13.8. The molecule has 0 spiro atoms. The Balaban J connectivity index is 2.44. The van der Waals surface area contributed by atoms with Gasteiger partial charge in [0, 0.05) is 6.07 Å². The van der Waals surface area contributed by atoms with Crippen LogP contribution in [0, 0.1) is 18.2 Å². The highest BCUT2D eigenvalue weighted by Gasteiger charge is 2.17. The van der Waals surface area contributed by atoms with E-state index in [4.69, 9.17) is 11.2 Å². The van der Waals surface area contributed by atoms with E-state index < -0.39 is 24.3 Å². The van der Waals surface area contributed by atoms with Gasteiger partial charge in [0.25, 0.3) is 0 Å². The number of hydrogen-bond donors (Lipinski definition) is 0. The van der Waals surface area contributed by atoms with E-state index in [2.05, 4.69) is 32.3 Å². The molecule has 0 aliphatic rings. The third-order valence-electron chi connectivity index (χ3n) is 2.91. The fourth-order valence-corrected chi connectivity index (χ4v) is 2.18. The molecule has 0 amide bonds. The molecule has 0 N–H and O–H groups in total. The molecule has 1 aromatic heterocycles. The maximum atomic E-state index is 14.2. The van der Waals surface area contributed by atoms with Crippen molar-refractivity contribution in [2.75, 3.05) is 6.67 Å². The van der Waals surface area contributed by atoms with E-state index in [1.165, 1.54) is 6.07 Å². The predicted octanol–water partition coefficient (Wildman–Crippen LogP) is 2.09. The summed E-state index contributed by atoms with van der Waals surface area (Å²) in [6.07, 6.45) is 4.83. The Hall–Kier alpha value is -2.21. The van der Waals surface area contributed by atoms with E-state index in [1.54, 1.807) is 6.92 Å². The number of terminal acetylenes is 1. The molecule has 9 heteroatoms. The van der Waals surface area contributed by atoms with Crippen LogP contribution in [0.25, 0.3) is 5.69 Å². The minimum Gasteiger partial charge on any atom is -0.477 e. The number of aromatic nitrogens is 4. The third kappa shape index (κ3) is 3.76. The lowest BCUT2D eigenvalue weighted by molar-refractivity contribution is 0.276. The maximum Gasteiger partial charge on any atom is 0.368 e. The Bertz CT molecular complexity index is 797. The minimum absolute atomic E-state index is 0.0605. The minimum atomic E-state index is -0.697. The van der Waals surface area contributed by atoms with Gasteiger partial charge >= 0.3 is 5.69 Å². The van der Waals surface area contributed by atoms with Crippen molar-refractivity contribution in [1.82, 2.24) is 19.8 Å². The monoisotopic (exact) mass is 386 g/mol. The highest BCUT2D eigenvalue weighted by Crippen LogP contribution is 2.30. The Kier molecular flexibility index (Phi) is 5.50. The molecule has 2 rings (SSSR count). The van der Waals surface area contributed by atoms with Gasteiger partial charge in [0.1, 0.15) is 11.4 Å². The zero-order valence-electron chi connectivity index (χ0n) is 12.2. The molecule has 0 radical (unpaired) electrons. The molecule has 6 nitrogen and oxygen atoms in total. The van der Waals surface area contributed by atoms with Crippen molar-refractivity contribution in [3.05, 3.63) is 32.9 Å². The van der Waals surface area contributed by atoms with Crippen molar-refractivity contribution in [1.29, 1.82) is 0 Å². The van der Waals surface area contributed by atoms with Crippen LogP contribution in [0.1, 0.15) is 13.3 Å². The molecule has 2 aromatic rings. The second kappa shape index (κ2) is 7.37. The van der Waals surface area contributed by atoms with Crippen molar-refractivity contribution >= 4 is 15.9 Å². The lowest BCUT2D eigenvalue weighted by Crippen LogP contribution is -2.25. The first-order chi connectivity index (χ1) is 11.0. The summed E-state index contributed by atoms with van der Waals surface area (Å²) in [4.78, 5) is 12.1. The number of halogens is 3. The van der Waals surface area contributed by atoms with Gasteiger partial charge in [-0.25, -0.2) is 9.18 Å². The molecule has 0 saturated carbocycles. The zero-order chi connectivity index (χ0) is 17.0. The molecular formula is C14H13BrF2N4O2. The van der Waals surface area contributed by atoms with Crippen LogP contribution in [-0.2, 0) is 6.54 Å². The molecule has 0 bridgehead atoms. The average Bonchev–Trinajstić information content (AvgIpc) is 2.88. The summed E-state index contributed by atoms with van der Waals surface area (Å²) in [5.41, 5.74) is -0.806. The molecule has 0 aliphatic carbocycles. The van der Waals surface area contributed by atoms with Gasteiger partial charge < -0.3 is 4.74 Å². The van der Waals surface area contributed by atoms with Gasteiger partial charge in [-0.3, -0.25) is 4.39 Å². The topological polar surface area (TPSA) is 61.9 Å². The smallest absolute Gasteiger partial charge is 0.368 e. The van der Waals surface area contributed by atoms with E-state index in [0.717, 1.165) is 15.4 Å². The fraction of sp³-hybridized carbons (Fsp3) is 0.357. The van der Waals surface area contributed by atoms with Gasteiger partial charge in [0.15, 0.2) is 11.9 Å². The summed E-state index contributed by atoms with van der Waals surface area (Å²) in [5, 5.41) is 7.21. The first-order valence-electron chi connectivity index (χ1n) is 6.69. The molecule has 122 valence electrons. The Morgan fingerprint density at radius 1 is 1.48 bits per heavy atom. The van der Waals surface area contributed by atoms with E-state index in [9.17, 15) is 13.6 Å². The lowest BCUT2D eigenvalue weighted by Gasteiger charge is -2.12. The lowest BCUT2D eigenvalue weighted by atomic mass is 10.3. The van der Waals surface area contributed by atoms with Crippen LogP contribution in [0.3, 0.4) is 0 Å². The summed E-state index contributed by atoms with van der Waals surface area (Å²) in [7, 11) is 0. The number of hydrogen-bond acceptors (Lipinski definition) is 4. The first kappa shape index (κ1) is 17.1. The van der Waals surface area contributed by atoms with Gasteiger partial charge in [0.05, 0.1) is 17.7 Å². The second-order valence-electron chi connectivity index (χ2n) is 4.60. The summed E-state index contributed by atoms with van der Waals surface area (Å²) in [6, 6.07) is 2.43. The first-order valence-corrected chi connectivity index (χ1v) is 7.48.